The average molecular weight is 305 g/mol. The Morgan fingerprint density at radius 3 is 2.40 bits per heavy atom. The summed E-state index contributed by atoms with van der Waals surface area (Å²) < 4.78 is 54.0. The van der Waals surface area contributed by atoms with Gasteiger partial charge in [-0.05, 0) is 29.3 Å². The Kier molecular flexibility index (Phi) is 4.18. The number of halogens is 5. The second-order valence-electron chi connectivity index (χ2n) is 3.98. The first-order chi connectivity index (χ1) is 9.40. The third kappa shape index (κ3) is 3.42. The highest BCUT2D eigenvalue weighted by atomic mass is 35.5. The Labute approximate surface area is 117 Å². The Balaban J connectivity index is 2.44. The SMILES string of the molecule is Fc1cccc(-c2cccc(OC(F)(F)F)c2)c1CCl. The maximum absolute atomic E-state index is 13.6. The van der Waals surface area contributed by atoms with Gasteiger partial charge in [0, 0.05) is 5.56 Å². The fourth-order valence-electron chi connectivity index (χ4n) is 1.83. The molecular formula is C14H9ClF4O. The van der Waals surface area contributed by atoms with Gasteiger partial charge >= 0.3 is 6.36 Å². The van der Waals surface area contributed by atoms with Crippen LogP contribution in [0.4, 0.5) is 17.6 Å². The van der Waals surface area contributed by atoms with Crippen molar-refractivity contribution in [1.29, 1.82) is 0 Å². The van der Waals surface area contributed by atoms with E-state index in [0.717, 1.165) is 0 Å². The van der Waals surface area contributed by atoms with Gasteiger partial charge in [0.15, 0.2) is 0 Å². The highest BCUT2D eigenvalue weighted by Crippen LogP contribution is 2.31. The molecule has 1 nitrogen and oxygen atoms in total. The van der Waals surface area contributed by atoms with Crippen molar-refractivity contribution in [2.24, 2.45) is 0 Å². The predicted molar refractivity (Wildman–Crippen MR) is 68.1 cm³/mol. The molecule has 0 fully saturated rings. The van der Waals surface area contributed by atoms with Crippen molar-refractivity contribution in [2.75, 3.05) is 0 Å². The molecule has 0 aliphatic heterocycles. The van der Waals surface area contributed by atoms with Gasteiger partial charge in [-0.15, -0.1) is 24.8 Å². The van der Waals surface area contributed by atoms with Crippen LogP contribution in [0.1, 0.15) is 5.56 Å². The number of hydrogen-bond donors (Lipinski definition) is 0. The molecule has 0 radical (unpaired) electrons. The van der Waals surface area contributed by atoms with E-state index in [1.54, 1.807) is 12.1 Å². The number of alkyl halides is 4. The minimum absolute atomic E-state index is 0.0770. The van der Waals surface area contributed by atoms with Crippen LogP contribution in [0.25, 0.3) is 11.1 Å². The van der Waals surface area contributed by atoms with E-state index in [-0.39, 0.29) is 17.2 Å². The van der Waals surface area contributed by atoms with Crippen molar-refractivity contribution in [3.8, 4) is 16.9 Å². The van der Waals surface area contributed by atoms with Gasteiger partial charge in [0.05, 0.1) is 5.88 Å². The smallest absolute Gasteiger partial charge is 0.406 e. The van der Waals surface area contributed by atoms with E-state index < -0.39 is 12.2 Å². The van der Waals surface area contributed by atoms with Crippen LogP contribution >= 0.6 is 11.6 Å². The van der Waals surface area contributed by atoms with Crippen molar-refractivity contribution in [2.45, 2.75) is 12.2 Å². The van der Waals surface area contributed by atoms with Crippen LogP contribution in [0.2, 0.25) is 0 Å². The van der Waals surface area contributed by atoms with Gasteiger partial charge in [0.25, 0.3) is 0 Å². The van der Waals surface area contributed by atoms with Crippen molar-refractivity contribution < 1.29 is 22.3 Å². The molecule has 0 saturated carbocycles. The molecule has 0 saturated heterocycles. The summed E-state index contributed by atoms with van der Waals surface area (Å²) in [5.74, 6) is -0.939. The maximum Gasteiger partial charge on any atom is 0.573 e. The molecule has 2 aromatic rings. The molecule has 106 valence electrons. The van der Waals surface area contributed by atoms with Gasteiger partial charge in [0.1, 0.15) is 11.6 Å². The minimum Gasteiger partial charge on any atom is -0.406 e. The van der Waals surface area contributed by atoms with Gasteiger partial charge in [-0.2, -0.15) is 0 Å². The molecule has 0 amide bonds. The topological polar surface area (TPSA) is 9.23 Å². The van der Waals surface area contributed by atoms with Crippen LogP contribution in [0, 0.1) is 5.82 Å². The fraction of sp³-hybridized carbons (Fsp3) is 0.143. The Morgan fingerprint density at radius 1 is 1.05 bits per heavy atom. The number of benzene rings is 2. The van der Waals surface area contributed by atoms with Crippen LogP contribution in [0.5, 0.6) is 5.75 Å². The Hall–Kier alpha value is -1.75. The molecule has 0 spiro atoms. The first-order valence-corrected chi connectivity index (χ1v) is 6.13. The molecule has 0 heterocycles. The molecule has 6 heteroatoms. The summed E-state index contributed by atoms with van der Waals surface area (Å²) in [5.41, 5.74) is 1.08. The van der Waals surface area contributed by atoms with Crippen LogP contribution in [-0.2, 0) is 5.88 Å². The lowest BCUT2D eigenvalue weighted by atomic mass is 10.00. The molecule has 0 bridgehead atoms. The normalized spacial score (nSPS) is 11.4. The monoisotopic (exact) mass is 304 g/mol. The fourth-order valence-corrected chi connectivity index (χ4v) is 2.10. The molecule has 0 unspecified atom stereocenters. The summed E-state index contributed by atoms with van der Waals surface area (Å²) >= 11 is 5.68. The highest BCUT2D eigenvalue weighted by molar-refractivity contribution is 6.17. The summed E-state index contributed by atoms with van der Waals surface area (Å²) in [6.07, 6.45) is -4.77. The largest absolute Gasteiger partial charge is 0.573 e. The highest BCUT2D eigenvalue weighted by Gasteiger charge is 2.31. The lowest BCUT2D eigenvalue weighted by Gasteiger charge is -2.12. The zero-order chi connectivity index (χ0) is 14.8. The van der Waals surface area contributed by atoms with E-state index in [1.165, 1.54) is 30.3 Å². The Bertz CT molecular complexity index is 610. The van der Waals surface area contributed by atoms with Crippen LogP contribution < -0.4 is 4.74 Å². The first-order valence-electron chi connectivity index (χ1n) is 5.60. The van der Waals surface area contributed by atoms with E-state index in [1.807, 2.05) is 0 Å². The van der Waals surface area contributed by atoms with Crippen LogP contribution in [-0.4, -0.2) is 6.36 Å². The van der Waals surface area contributed by atoms with Gasteiger partial charge in [-0.3, -0.25) is 0 Å². The predicted octanol–water partition coefficient (Wildman–Crippen LogP) is 5.13. The summed E-state index contributed by atoms with van der Waals surface area (Å²) in [4.78, 5) is 0. The summed E-state index contributed by atoms with van der Waals surface area (Å²) in [6.45, 7) is 0. The van der Waals surface area contributed by atoms with Gasteiger partial charge in [-0.1, -0.05) is 24.3 Å². The van der Waals surface area contributed by atoms with Crippen molar-refractivity contribution >= 4 is 11.6 Å². The second-order valence-corrected chi connectivity index (χ2v) is 4.24. The van der Waals surface area contributed by atoms with E-state index in [4.69, 9.17) is 11.6 Å². The number of hydrogen-bond acceptors (Lipinski definition) is 1. The van der Waals surface area contributed by atoms with E-state index in [2.05, 4.69) is 4.74 Å². The first kappa shape index (κ1) is 14.7. The zero-order valence-electron chi connectivity index (χ0n) is 10.0. The maximum atomic E-state index is 13.6. The van der Waals surface area contributed by atoms with Crippen LogP contribution in [0.15, 0.2) is 42.5 Å². The summed E-state index contributed by atoms with van der Waals surface area (Å²) in [6, 6.07) is 9.64. The summed E-state index contributed by atoms with van der Waals surface area (Å²) in [5, 5.41) is 0. The van der Waals surface area contributed by atoms with Gasteiger partial charge < -0.3 is 4.74 Å². The number of ether oxygens (including phenoxy) is 1. The molecular weight excluding hydrogens is 296 g/mol. The average Bonchev–Trinajstić information content (AvgIpc) is 2.36. The Morgan fingerprint density at radius 2 is 1.75 bits per heavy atom. The summed E-state index contributed by atoms with van der Waals surface area (Å²) in [7, 11) is 0. The van der Waals surface area contributed by atoms with Gasteiger partial charge in [-0.25, -0.2) is 4.39 Å². The standard InChI is InChI=1S/C14H9ClF4O/c15-8-12-11(5-2-6-13(12)16)9-3-1-4-10(7-9)20-14(17,18)19/h1-7H,8H2. The van der Waals surface area contributed by atoms with Crippen LogP contribution in [0.3, 0.4) is 0 Å². The third-order valence-electron chi connectivity index (χ3n) is 2.63. The van der Waals surface area contributed by atoms with Crippen molar-refractivity contribution in [3.05, 3.63) is 53.8 Å². The third-order valence-corrected chi connectivity index (χ3v) is 2.90. The van der Waals surface area contributed by atoms with Crippen molar-refractivity contribution in [3.63, 3.8) is 0 Å². The molecule has 0 aromatic heterocycles. The lowest BCUT2D eigenvalue weighted by molar-refractivity contribution is -0.274. The molecule has 2 rings (SSSR count). The van der Waals surface area contributed by atoms with E-state index >= 15 is 0 Å². The zero-order valence-corrected chi connectivity index (χ0v) is 10.8. The molecule has 0 aliphatic rings. The van der Waals surface area contributed by atoms with Crippen molar-refractivity contribution in [1.82, 2.24) is 0 Å². The number of rotatable bonds is 3. The van der Waals surface area contributed by atoms with E-state index in [9.17, 15) is 17.6 Å². The molecule has 0 atom stereocenters. The quantitative estimate of drug-likeness (QED) is 0.564. The minimum atomic E-state index is -4.77. The molecule has 0 N–H and O–H groups in total. The molecule has 20 heavy (non-hydrogen) atoms. The van der Waals surface area contributed by atoms with E-state index in [0.29, 0.717) is 11.1 Å². The molecule has 2 aromatic carbocycles. The second kappa shape index (κ2) is 5.71. The lowest BCUT2D eigenvalue weighted by Crippen LogP contribution is -2.17. The molecule has 0 aliphatic carbocycles. The van der Waals surface area contributed by atoms with Gasteiger partial charge in [0.2, 0.25) is 0 Å².